The number of aromatic nitrogens is 2. The van der Waals surface area contributed by atoms with Crippen molar-refractivity contribution in [3.05, 3.63) is 36.0 Å². The summed E-state index contributed by atoms with van der Waals surface area (Å²) in [6.45, 7) is 2.13. The molecule has 108 valence electrons. The highest BCUT2D eigenvalue weighted by molar-refractivity contribution is 7.21. The molecule has 21 heavy (non-hydrogen) atoms. The van der Waals surface area contributed by atoms with Crippen LogP contribution in [0.5, 0.6) is 5.75 Å². The van der Waals surface area contributed by atoms with Crippen molar-refractivity contribution in [1.82, 2.24) is 9.97 Å². The number of H-pyrrole nitrogens is 1. The summed E-state index contributed by atoms with van der Waals surface area (Å²) in [6.07, 6.45) is 0. The van der Waals surface area contributed by atoms with E-state index in [4.69, 9.17) is 9.47 Å². The van der Waals surface area contributed by atoms with Gasteiger partial charge in [0.15, 0.2) is 0 Å². The van der Waals surface area contributed by atoms with Gasteiger partial charge in [0.05, 0.1) is 24.0 Å². The Bertz CT molecular complexity index is 760. The van der Waals surface area contributed by atoms with E-state index >= 15 is 0 Å². The summed E-state index contributed by atoms with van der Waals surface area (Å²) < 4.78 is 11.2. The van der Waals surface area contributed by atoms with Crippen LogP contribution in [-0.2, 0) is 4.74 Å². The second-order valence-electron chi connectivity index (χ2n) is 4.34. The van der Waals surface area contributed by atoms with E-state index in [-0.39, 0.29) is 5.97 Å². The van der Waals surface area contributed by atoms with E-state index in [0.717, 1.165) is 21.0 Å². The Hall–Kier alpha value is -2.34. The molecule has 2 heterocycles. The van der Waals surface area contributed by atoms with Gasteiger partial charge in [-0.2, -0.15) is 0 Å². The predicted octanol–water partition coefficient (Wildman–Crippen LogP) is 3.48. The zero-order chi connectivity index (χ0) is 14.8. The van der Waals surface area contributed by atoms with Gasteiger partial charge in [-0.3, -0.25) is 0 Å². The molecule has 0 aliphatic carbocycles. The molecule has 5 nitrogen and oxygen atoms in total. The van der Waals surface area contributed by atoms with E-state index in [0.29, 0.717) is 17.9 Å². The van der Waals surface area contributed by atoms with Gasteiger partial charge in [0.2, 0.25) is 0 Å². The maximum Gasteiger partial charge on any atom is 0.354 e. The second-order valence-corrected chi connectivity index (χ2v) is 5.37. The maximum atomic E-state index is 11.7. The summed E-state index contributed by atoms with van der Waals surface area (Å²) in [4.78, 5) is 19.2. The molecule has 0 bridgehead atoms. The normalized spacial score (nSPS) is 10.8. The number of methoxy groups -OCH3 is 1. The fraction of sp³-hybridized carbons (Fsp3) is 0.200. The molecule has 6 heteroatoms. The van der Waals surface area contributed by atoms with Gasteiger partial charge < -0.3 is 14.5 Å². The minimum atomic E-state index is -0.360. The first kappa shape index (κ1) is 13.6. The topological polar surface area (TPSA) is 64.2 Å². The van der Waals surface area contributed by atoms with E-state index in [1.807, 2.05) is 24.3 Å². The van der Waals surface area contributed by atoms with Crippen LogP contribution < -0.4 is 4.74 Å². The third-order valence-electron chi connectivity index (χ3n) is 3.01. The minimum Gasteiger partial charge on any atom is -0.496 e. The molecule has 0 aliphatic heterocycles. The van der Waals surface area contributed by atoms with Gasteiger partial charge in [-0.1, -0.05) is 12.1 Å². The summed E-state index contributed by atoms with van der Waals surface area (Å²) in [5.74, 6) is 0.418. The summed E-state index contributed by atoms with van der Waals surface area (Å²) in [5, 5.41) is 0.851. The van der Waals surface area contributed by atoms with Gasteiger partial charge in [-0.05, 0) is 25.1 Å². The zero-order valence-electron chi connectivity index (χ0n) is 11.7. The van der Waals surface area contributed by atoms with Gasteiger partial charge in [0.1, 0.15) is 22.1 Å². The minimum absolute atomic E-state index is 0.353. The highest BCUT2D eigenvalue weighted by Gasteiger charge is 2.16. The smallest absolute Gasteiger partial charge is 0.354 e. The first-order valence-corrected chi connectivity index (χ1v) is 7.34. The van der Waals surface area contributed by atoms with Crippen molar-refractivity contribution in [2.75, 3.05) is 13.7 Å². The average molecular weight is 302 g/mol. The number of benzene rings is 1. The van der Waals surface area contributed by atoms with Crippen LogP contribution >= 0.6 is 11.3 Å². The number of para-hydroxylation sites is 1. The third kappa shape index (κ3) is 2.50. The molecular formula is C15H14N2O3S. The first-order valence-electron chi connectivity index (χ1n) is 6.53. The molecule has 0 spiro atoms. The average Bonchev–Trinajstić information content (AvgIpc) is 3.06. The Morgan fingerprint density at radius 1 is 1.38 bits per heavy atom. The number of hydrogen-bond donors (Lipinski definition) is 1. The van der Waals surface area contributed by atoms with Gasteiger partial charge >= 0.3 is 5.97 Å². The largest absolute Gasteiger partial charge is 0.496 e. The van der Waals surface area contributed by atoms with Crippen molar-refractivity contribution < 1.29 is 14.3 Å². The summed E-state index contributed by atoms with van der Waals surface area (Å²) in [6, 6.07) is 9.49. The first-order chi connectivity index (χ1) is 10.2. The molecule has 1 aromatic carbocycles. The number of nitrogens with zero attached hydrogens (tertiary/aromatic N) is 1. The zero-order valence-corrected chi connectivity index (χ0v) is 12.5. The number of carbonyl (C=O) groups excluding carboxylic acids is 1. The Labute approximate surface area is 125 Å². The molecule has 2 aromatic heterocycles. The van der Waals surface area contributed by atoms with Crippen LogP contribution in [0.4, 0.5) is 0 Å². The third-order valence-corrected chi connectivity index (χ3v) is 4.05. The van der Waals surface area contributed by atoms with Gasteiger partial charge in [-0.25, -0.2) is 9.78 Å². The summed E-state index contributed by atoms with van der Waals surface area (Å²) >= 11 is 1.51. The number of hydrogen-bond acceptors (Lipinski definition) is 5. The molecule has 0 saturated carbocycles. The van der Waals surface area contributed by atoms with Crippen molar-refractivity contribution >= 4 is 27.7 Å². The fourth-order valence-corrected chi connectivity index (χ4v) is 3.06. The van der Waals surface area contributed by atoms with E-state index in [1.165, 1.54) is 11.3 Å². The number of thiazole rings is 1. The number of carbonyl (C=O) groups is 1. The van der Waals surface area contributed by atoms with Crippen LogP contribution in [0.1, 0.15) is 17.4 Å². The monoisotopic (exact) mass is 302 g/mol. The molecule has 3 rings (SSSR count). The number of aromatic amines is 1. The number of fused-ring (bicyclic) bond motifs is 1. The van der Waals surface area contributed by atoms with Gasteiger partial charge in [0.25, 0.3) is 0 Å². The molecule has 0 radical (unpaired) electrons. The molecule has 0 amide bonds. The Morgan fingerprint density at radius 3 is 2.90 bits per heavy atom. The predicted molar refractivity (Wildman–Crippen MR) is 81.9 cm³/mol. The molecular weight excluding hydrogens is 288 g/mol. The summed E-state index contributed by atoms with van der Waals surface area (Å²) in [5.41, 5.74) is 2.05. The molecule has 0 aliphatic rings. The molecule has 0 saturated heterocycles. The lowest BCUT2D eigenvalue weighted by Crippen LogP contribution is -2.04. The number of ether oxygens (including phenoxy) is 2. The van der Waals surface area contributed by atoms with E-state index in [9.17, 15) is 4.79 Å². The Balaban J connectivity index is 1.99. The maximum absolute atomic E-state index is 11.7. The highest BCUT2D eigenvalue weighted by Crippen LogP contribution is 2.35. The molecule has 1 N–H and O–H groups in total. The van der Waals surface area contributed by atoms with Crippen molar-refractivity contribution in [2.24, 2.45) is 0 Å². The van der Waals surface area contributed by atoms with E-state index < -0.39 is 0 Å². The lowest BCUT2D eigenvalue weighted by molar-refractivity contribution is 0.0520. The second kappa shape index (κ2) is 5.57. The van der Waals surface area contributed by atoms with Crippen LogP contribution in [0.25, 0.3) is 20.9 Å². The van der Waals surface area contributed by atoms with Crippen molar-refractivity contribution in [3.63, 3.8) is 0 Å². The molecule has 0 fully saturated rings. The number of nitrogens with one attached hydrogen (secondary N) is 1. The highest BCUT2D eigenvalue weighted by atomic mass is 32.1. The van der Waals surface area contributed by atoms with Gasteiger partial charge in [-0.15, -0.1) is 11.3 Å². The number of esters is 1. The number of rotatable bonds is 4. The quantitative estimate of drug-likeness (QED) is 0.749. The molecule has 0 unspecified atom stereocenters. The van der Waals surface area contributed by atoms with Crippen molar-refractivity contribution in [3.8, 4) is 16.3 Å². The molecule has 3 aromatic rings. The fourth-order valence-electron chi connectivity index (χ4n) is 2.07. The Kier molecular flexibility index (Phi) is 3.62. The molecule has 0 atom stereocenters. The van der Waals surface area contributed by atoms with Crippen LogP contribution in [0.15, 0.2) is 30.3 Å². The van der Waals surface area contributed by atoms with Crippen molar-refractivity contribution in [1.29, 1.82) is 0 Å². The van der Waals surface area contributed by atoms with Crippen LogP contribution in [0, 0.1) is 0 Å². The van der Waals surface area contributed by atoms with Crippen LogP contribution in [0.3, 0.4) is 0 Å². The standard InChI is InChI=1S/C15H14N2O3S/c1-3-20-15(18)10-8-12-13(16-10)17-14(21-12)9-6-4-5-7-11(9)19-2/h4-8,16H,3H2,1-2H3. The van der Waals surface area contributed by atoms with E-state index in [1.54, 1.807) is 20.1 Å². The summed E-state index contributed by atoms with van der Waals surface area (Å²) in [7, 11) is 1.64. The van der Waals surface area contributed by atoms with E-state index in [2.05, 4.69) is 9.97 Å². The van der Waals surface area contributed by atoms with Crippen LogP contribution in [0.2, 0.25) is 0 Å². The lowest BCUT2D eigenvalue weighted by atomic mass is 10.2. The SMILES string of the molecule is CCOC(=O)c1cc2sc(-c3ccccc3OC)nc2[nH]1. The van der Waals surface area contributed by atoms with Crippen LogP contribution in [-0.4, -0.2) is 29.7 Å². The lowest BCUT2D eigenvalue weighted by Gasteiger charge is -2.04. The van der Waals surface area contributed by atoms with Gasteiger partial charge in [0, 0.05) is 0 Å². The Morgan fingerprint density at radius 2 is 2.19 bits per heavy atom. The van der Waals surface area contributed by atoms with Crippen molar-refractivity contribution in [2.45, 2.75) is 6.92 Å².